The first-order valence-corrected chi connectivity index (χ1v) is 12.9. The van der Waals surface area contributed by atoms with Crippen LogP contribution in [-0.2, 0) is 34.0 Å². The highest BCUT2D eigenvalue weighted by Gasteiger charge is 2.59. The Morgan fingerprint density at radius 3 is 2.07 bits per heavy atom. The fourth-order valence-corrected chi connectivity index (χ4v) is 8.21. The fourth-order valence-electron chi connectivity index (χ4n) is 5.99. The minimum Gasteiger partial charge on any atom is -0.459 e. The smallest absolute Gasteiger partial charge is 0.459 e. The first-order valence-electron chi connectivity index (χ1n) is 10.1. The molecular formula is C17H24F3NO7S2. The third-order valence-electron chi connectivity index (χ3n) is 6.89. The van der Waals surface area contributed by atoms with E-state index < -0.39 is 37.5 Å². The second-order valence-electron chi connectivity index (χ2n) is 9.10. The summed E-state index contributed by atoms with van der Waals surface area (Å²) in [6.45, 7) is 0. The van der Waals surface area contributed by atoms with Crippen LogP contribution in [-0.4, -0.2) is 40.0 Å². The van der Waals surface area contributed by atoms with Gasteiger partial charge in [-0.1, -0.05) is 17.0 Å². The molecule has 0 radical (unpaired) electrons. The van der Waals surface area contributed by atoms with Crippen molar-refractivity contribution in [2.75, 3.05) is 0 Å². The van der Waals surface area contributed by atoms with Crippen LogP contribution in [0.15, 0.2) is 0 Å². The van der Waals surface area contributed by atoms with Crippen LogP contribution in [0.1, 0.15) is 57.8 Å². The minimum absolute atomic E-state index is 0.109. The number of carbonyl (C=O) groups is 1. The Kier molecular flexibility index (Phi) is 5.43. The summed E-state index contributed by atoms with van der Waals surface area (Å²) in [5.74, 6) is -0.788. The summed E-state index contributed by atoms with van der Waals surface area (Å²) < 4.78 is 95.4. The van der Waals surface area contributed by atoms with E-state index in [0.717, 1.165) is 25.7 Å². The lowest BCUT2D eigenvalue weighted by atomic mass is 9.53. The average molecular weight is 476 g/mol. The summed E-state index contributed by atoms with van der Waals surface area (Å²) in [5, 5.41) is 0. The fraction of sp³-hybridized carbons (Fsp3) is 0.941. The van der Waals surface area contributed by atoms with E-state index in [1.807, 2.05) is 0 Å². The van der Waals surface area contributed by atoms with Crippen LogP contribution in [0.3, 0.4) is 0 Å². The van der Waals surface area contributed by atoms with E-state index in [-0.39, 0.29) is 29.6 Å². The molecule has 5 rings (SSSR count). The van der Waals surface area contributed by atoms with Crippen molar-refractivity contribution in [2.24, 2.45) is 23.7 Å². The van der Waals surface area contributed by atoms with E-state index in [1.165, 1.54) is 0 Å². The molecular weight excluding hydrogens is 451 g/mol. The molecule has 4 bridgehead atoms. The van der Waals surface area contributed by atoms with E-state index in [1.54, 1.807) is 0 Å². The van der Waals surface area contributed by atoms with E-state index in [9.17, 15) is 34.8 Å². The molecule has 0 saturated heterocycles. The van der Waals surface area contributed by atoms with Gasteiger partial charge in [0.05, 0.1) is 12.0 Å². The Labute approximate surface area is 173 Å². The second kappa shape index (κ2) is 7.31. The van der Waals surface area contributed by atoms with Crippen molar-refractivity contribution < 1.29 is 43.7 Å². The quantitative estimate of drug-likeness (QED) is 0.587. The molecule has 0 aliphatic heterocycles. The zero-order chi connectivity index (χ0) is 21.9. The van der Waals surface area contributed by atoms with Crippen molar-refractivity contribution in [1.29, 1.82) is 0 Å². The monoisotopic (exact) mass is 475 g/mol. The number of carbonyl (C=O) groups excluding carboxylic acids is 1. The predicted molar refractivity (Wildman–Crippen MR) is 96.2 cm³/mol. The normalized spacial score (nSPS) is 36.9. The van der Waals surface area contributed by atoms with Crippen molar-refractivity contribution in [3.8, 4) is 0 Å². The van der Waals surface area contributed by atoms with Crippen LogP contribution in [0, 0.1) is 23.7 Å². The van der Waals surface area contributed by atoms with Gasteiger partial charge >= 0.3 is 31.8 Å². The summed E-state index contributed by atoms with van der Waals surface area (Å²) in [4.78, 5) is 12.6. The molecule has 13 heteroatoms. The molecule has 8 nitrogen and oxygen atoms in total. The molecule has 0 aromatic heterocycles. The lowest BCUT2D eigenvalue weighted by molar-refractivity contribution is -0.205. The number of esters is 1. The number of rotatable bonds is 6. The van der Waals surface area contributed by atoms with Gasteiger partial charge in [-0.15, -0.1) is 0 Å². The maximum atomic E-state index is 12.6. The van der Waals surface area contributed by atoms with Crippen LogP contribution in [0.4, 0.5) is 13.2 Å². The van der Waals surface area contributed by atoms with Gasteiger partial charge in [0, 0.05) is 0 Å². The summed E-state index contributed by atoms with van der Waals surface area (Å²) in [5.41, 5.74) is -6.46. The van der Waals surface area contributed by atoms with E-state index in [0.29, 0.717) is 36.2 Å². The average Bonchev–Trinajstić information content (AvgIpc) is 3.10. The van der Waals surface area contributed by atoms with Crippen LogP contribution in [0.25, 0.3) is 0 Å². The molecule has 5 aliphatic rings. The number of ether oxygens (including phenoxy) is 1. The molecule has 2 atom stereocenters. The number of sulfonamides is 1. The Bertz CT molecular complexity index is 896. The predicted octanol–water partition coefficient (Wildman–Crippen LogP) is 2.37. The number of nitrogens with one attached hydrogen (secondary N) is 1. The number of halogens is 3. The van der Waals surface area contributed by atoms with Gasteiger partial charge in [0.15, 0.2) is 0 Å². The van der Waals surface area contributed by atoms with Crippen LogP contribution < -0.4 is 4.13 Å². The van der Waals surface area contributed by atoms with Crippen molar-refractivity contribution in [2.45, 2.75) is 75.0 Å². The highest BCUT2D eigenvalue weighted by atomic mass is 32.3. The molecule has 5 saturated carbocycles. The van der Waals surface area contributed by atoms with Crippen molar-refractivity contribution in [1.82, 2.24) is 4.13 Å². The molecule has 0 spiro atoms. The number of hydrogen-bond acceptors (Lipinski definition) is 7. The van der Waals surface area contributed by atoms with Crippen molar-refractivity contribution in [3.05, 3.63) is 0 Å². The first kappa shape index (κ1) is 22.3. The highest BCUT2D eigenvalue weighted by molar-refractivity contribution is 8.03. The summed E-state index contributed by atoms with van der Waals surface area (Å²) in [6, 6.07) is 0. The van der Waals surface area contributed by atoms with Crippen LogP contribution in [0.2, 0.25) is 0 Å². The first-order chi connectivity index (χ1) is 13.8. The van der Waals surface area contributed by atoms with Gasteiger partial charge in [-0.05, 0) is 62.7 Å². The van der Waals surface area contributed by atoms with Gasteiger partial charge in [-0.2, -0.15) is 21.6 Å². The molecule has 0 aromatic carbocycles. The molecule has 5 aliphatic carbocycles. The number of hydrogen-bond donors (Lipinski definition) is 1. The van der Waals surface area contributed by atoms with Crippen LogP contribution in [0.5, 0.6) is 0 Å². The van der Waals surface area contributed by atoms with E-state index >= 15 is 0 Å². The molecule has 0 aromatic rings. The lowest BCUT2D eigenvalue weighted by Gasteiger charge is -2.58. The number of alkyl halides is 3. The van der Waals surface area contributed by atoms with Gasteiger partial charge < -0.3 is 4.74 Å². The van der Waals surface area contributed by atoms with Crippen LogP contribution >= 0.6 is 0 Å². The topological polar surface area (TPSA) is 116 Å². The molecule has 30 heavy (non-hydrogen) atoms. The molecule has 2 unspecified atom stereocenters. The molecule has 0 amide bonds. The van der Waals surface area contributed by atoms with E-state index in [4.69, 9.17) is 8.92 Å². The van der Waals surface area contributed by atoms with Gasteiger partial charge in [0.25, 0.3) is 0 Å². The Morgan fingerprint density at radius 1 is 0.967 bits per heavy atom. The SMILES string of the molecule is O=C(OC12CC3CC(C1)C(OS(=O)(=O)NS(=O)(=O)C(F)(F)F)C(C3)C2)C1CCCC1. The van der Waals surface area contributed by atoms with Gasteiger partial charge in [-0.25, -0.2) is 8.42 Å². The maximum absolute atomic E-state index is 12.6. The summed E-state index contributed by atoms with van der Waals surface area (Å²) >= 11 is 0. The molecule has 1 N–H and O–H groups in total. The Hall–Kier alpha value is -0.920. The summed E-state index contributed by atoms with van der Waals surface area (Å²) in [7, 11) is -11.3. The minimum atomic E-state index is -6.10. The standard InChI is InChI=1S/C17H24F3NO7S2/c18-17(19,20)29(23,24)21-30(25,26)28-14-12-5-10-6-13(14)9-16(7-10,8-12)27-15(22)11-3-1-2-4-11/h10-14,21H,1-9H2. The maximum Gasteiger partial charge on any atom is 0.512 e. The molecule has 0 heterocycles. The highest BCUT2D eigenvalue weighted by Crippen LogP contribution is 2.58. The van der Waals surface area contributed by atoms with Crippen molar-refractivity contribution in [3.63, 3.8) is 0 Å². The van der Waals surface area contributed by atoms with Gasteiger partial charge in [-0.3, -0.25) is 8.98 Å². The second-order valence-corrected chi connectivity index (χ2v) is 12.3. The molecule has 172 valence electrons. The lowest BCUT2D eigenvalue weighted by Crippen LogP contribution is -2.60. The van der Waals surface area contributed by atoms with Gasteiger partial charge in [0.1, 0.15) is 5.60 Å². The third-order valence-corrected chi connectivity index (χ3v) is 9.67. The summed E-state index contributed by atoms with van der Waals surface area (Å²) in [6.07, 6.45) is 5.26. The largest absolute Gasteiger partial charge is 0.512 e. The van der Waals surface area contributed by atoms with Crippen molar-refractivity contribution >= 4 is 26.3 Å². The Balaban J connectivity index is 1.45. The zero-order valence-corrected chi connectivity index (χ0v) is 17.7. The Morgan fingerprint density at radius 2 is 1.53 bits per heavy atom. The molecule has 5 fully saturated rings. The van der Waals surface area contributed by atoms with E-state index in [2.05, 4.69) is 0 Å². The zero-order valence-electron chi connectivity index (χ0n) is 16.1. The third kappa shape index (κ3) is 4.22. The van der Waals surface area contributed by atoms with Gasteiger partial charge in [0.2, 0.25) is 0 Å².